The van der Waals surface area contributed by atoms with Gasteiger partial charge in [0.15, 0.2) is 0 Å². The van der Waals surface area contributed by atoms with Crippen LogP contribution in [0, 0.1) is 0 Å². The molecule has 0 aliphatic carbocycles. The highest BCUT2D eigenvalue weighted by molar-refractivity contribution is 8.13. The molecule has 6 heteroatoms. The van der Waals surface area contributed by atoms with Gasteiger partial charge in [-0.15, -0.1) is 0 Å². The Bertz CT molecular complexity index is 509. The molecule has 0 radical (unpaired) electrons. The van der Waals surface area contributed by atoms with Gasteiger partial charge in [-0.25, -0.2) is 8.42 Å². The minimum absolute atomic E-state index is 0.000108. The number of amides is 1. The van der Waals surface area contributed by atoms with Gasteiger partial charge in [-0.05, 0) is 17.7 Å². The normalized spacial score (nSPS) is 15.1. The van der Waals surface area contributed by atoms with Crippen LogP contribution in [0.3, 0.4) is 0 Å². The van der Waals surface area contributed by atoms with Crippen LogP contribution in [-0.4, -0.2) is 14.3 Å². The second-order valence-corrected chi connectivity index (χ2v) is 5.55. The Morgan fingerprint density at radius 2 is 2.07 bits per heavy atom. The molecule has 1 aromatic carbocycles. The zero-order valence-electron chi connectivity index (χ0n) is 6.95. The van der Waals surface area contributed by atoms with Gasteiger partial charge >= 0.3 is 0 Å². The Kier molecular flexibility index (Phi) is 2.01. The molecule has 0 spiro atoms. The largest absolute Gasteiger partial charge is 0.325 e. The number of fused-ring (bicyclic) bond motifs is 1. The molecule has 0 fully saturated rings. The first-order valence-electron chi connectivity index (χ1n) is 3.84. The van der Waals surface area contributed by atoms with E-state index in [1.54, 1.807) is 6.07 Å². The molecule has 0 saturated carbocycles. The summed E-state index contributed by atoms with van der Waals surface area (Å²) in [6.45, 7) is 0. The minimum Gasteiger partial charge on any atom is -0.325 e. The monoisotopic (exact) mass is 231 g/mol. The third-order valence-electron chi connectivity index (χ3n) is 1.99. The first-order valence-corrected chi connectivity index (χ1v) is 6.15. The smallest absolute Gasteiger partial charge is 0.261 e. The fourth-order valence-electron chi connectivity index (χ4n) is 1.35. The van der Waals surface area contributed by atoms with E-state index >= 15 is 0 Å². The van der Waals surface area contributed by atoms with Crippen LogP contribution in [0.1, 0.15) is 5.56 Å². The molecule has 0 bridgehead atoms. The van der Waals surface area contributed by atoms with Crippen molar-refractivity contribution < 1.29 is 13.2 Å². The van der Waals surface area contributed by atoms with E-state index in [1.807, 2.05) is 0 Å². The summed E-state index contributed by atoms with van der Waals surface area (Å²) in [6.07, 6.45) is 0.290. The molecule has 0 aromatic heterocycles. The zero-order valence-corrected chi connectivity index (χ0v) is 8.52. The van der Waals surface area contributed by atoms with Gasteiger partial charge in [0.1, 0.15) is 0 Å². The predicted octanol–water partition coefficient (Wildman–Crippen LogP) is 1.11. The summed E-state index contributed by atoms with van der Waals surface area (Å²) in [4.78, 5) is 11.0. The molecule has 0 saturated heterocycles. The molecule has 14 heavy (non-hydrogen) atoms. The van der Waals surface area contributed by atoms with E-state index in [0.29, 0.717) is 5.69 Å². The van der Waals surface area contributed by atoms with Crippen LogP contribution in [0.5, 0.6) is 0 Å². The summed E-state index contributed by atoms with van der Waals surface area (Å²) in [5, 5.41) is 2.55. The quantitative estimate of drug-likeness (QED) is 0.737. The van der Waals surface area contributed by atoms with Crippen molar-refractivity contribution in [2.75, 3.05) is 5.32 Å². The maximum absolute atomic E-state index is 11.0. The van der Waals surface area contributed by atoms with Crippen molar-refractivity contribution in [1.82, 2.24) is 0 Å². The van der Waals surface area contributed by atoms with Crippen LogP contribution in [0.2, 0.25) is 0 Å². The van der Waals surface area contributed by atoms with Gasteiger partial charge < -0.3 is 5.32 Å². The maximum atomic E-state index is 11.0. The highest BCUT2D eigenvalue weighted by Gasteiger charge is 2.20. The number of nitrogens with one attached hydrogen (secondary N) is 1. The van der Waals surface area contributed by atoms with Crippen LogP contribution in [0.15, 0.2) is 23.1 Å². The molecule has 1 aliphatic heterocycles. The topological polar surface area (TPSA) is 63.2 Å². The van der Waals surface area contributed by atoms with E-state index in [2.05, 4.69) is 5.32 Å². The second-order valence-electron chi connectivity index (χ2n) is 2.98. The number of hydrogen-bond donors (Lipinski definition) is 1. The molecule has 1 heterocycles. The molecular formula is C8H6ClNO3S. The average Bonchev–Trinajstić information content (AvgIpc) is 2.41. The molecule has 1 aromatic rings. The van der Waals surface area contributed by atoms with Crippen molar-refractivity contribution in [3.63, 3.8) is 0 Å². The SMILES string of the molecule is O=C1Cc2ccc(S(=O)(=O)Cl)cc2N1. The van der Waals surface area contributed by atoms with Gasteiger partial charge in [0.05, 0.1) is 11.3 Å². The summed E-state index contributed by atoms with van der Waals surface area (Å²) in [7, 11) is 1.44. The first kappa shape index (κ1) is 9.48. The number of halogens is 1. The molecule has 2 rings (SSSR count). The third-order valence-corrected chi connectivity index (χ3v) is 3.34. The average molecular weight is 232 g/mol. The van der Waals surface area contributed by atoms with Gasteiger partial charge in [0.25, 0.3) is 9.05 Å². The standard InChI is InChI=1S/C8H6ClNO3S/c9-14(12,13)6-2-1-5-3-8(11)10-7(5)4-6/h1-2,4H,3H2,(H,10,11). The van der Waals surface area contributed by atoms with Crippen LogP contribution in [0.4, 0.5) is 5.69 Å². The van der Waals surface area contributed by atoms with E-state index in [1.165, 1.54) is 12.1 Å². The Hall–Kier alpha value is -1.07. The van der Waals surface area contributed by atoms with Crippen molar-refractivity contribution >= 4 is 31.3 Å². The summed E-state index contributed by atoms with van der Waals surface area (Å²) < 4.78 is 21.9. The first-order chi connectivity index (χ1) is 6.47. The van der Waals surface area contributed by atoms with Gasteiger partial charge in [-0.3, -0.25) is 4.79 Å². The number of carbonyl (C=O) groups is 1. The number of rotatable bonds is 1. The lowest BCUT2D eigenvalue weighted by atomic mass is 10.2. The zero-order chi connectivity index (χ0) is 10.3. The number of carbonyl (C=O) groups excluding carboxylic acids is 1. The second kappa shape index (κ2) is 2.96. The van der Waals surface area contributed by atoms with E-state index in [4.69, 9.17) is 10.7 Å². The molecule has 4 nitrogen and oxygen atoms in total. The van der Waals surface area contributed by atoms with Crippen molar-refractivity contribution in [3.8, 4) is 0 Å². The lowest BCUT2D eigenvalue weighted by Crippen LogP contribution is -2.03. The molecule has 1 aliphatic rings. The lowest BCUT2D eigenvalue weighted by molar-refractivity contribution is -0.115. The Morgan fingerprint density at radius 1 is 1.36 bits per heavy atom. The molecule has 74 valence electrons. The van der Waals surface area contributed by atoms with Crippen molar-refractivity contribution in [1.29, 1.82) is 0 Å². The predicted molar refractivity (Wildman–Crippen MR) is 51.8 cm³/mol. The van der Waals surface area contributed by atoms with Crippen molar-refractivity contribution in [3.05, 3.63) is 23.8 Å². The summed E-state index contributed by atoms with van der Waals surface area (Å²) in [6, 6.07) is 4.34. The highest BCUT2D eigenvalue weighted by Crippen LogP contribution is 2.27. The van der Waals surface area contributed by atoms with Gasteiger partial charge in [-0.1, -0.05) is 6.07 Å². The van der Waals surface area contributed by atoms with Crippen LogP contribution >= 0.6 is 10.7 Å². The lowest BCUT2D eigenvalue weighted by Gasteiger charge is -2.00. The fourth-order valence-corrected chi connectivity index (χ4v) is 2.12. The maximum Gasteiger partial charge on any atom is 0.261 e. The molecule has 0 atom stereocenters. The number of anilines is 1. The Morgan fingerprint density at radius 3 is 2.71 bits per heavy atom. The van der Waals surface area contributed by atoms with Crippen molar-refractivity contribution in [2.24, 2.45) is 0 Å². The minimum atomic E-state index is -3.72. The third kappa shape index (κ3) is 1.60. The van der Waals surface area contributed by atoms with E-state index in [-0.39, 0.29) is 17.2 Å². The number of hydrogen-bond acceptors (Lipinski definition) is 3. The van der Waals surface area contributed by atoms with Gasteiger partial charge in [0, 0.05) is 16.4 Å². The van der Waals surface area contributed by atoms with Gasteiger partial charge in [0.2, 0.25) is 5.91 Å². The van der Waals surface area contributed by atoms with Gasteiger partial charge in [-0.2, -0.15) is 0 Å². The number of benzene rings is 1. The Labute approximate surface area is 85.3 Å². The molecule has 0 unspecified atom stereocenters. The van der Waals surface area contributed by atoms with Crippen molar-refractivity contribution in [2.45, 2.75) is 11.3 Å². The van der Waals surface area contributed by atoms with E-state index < -0.39 is 9.05 Å². The molecule has 1 N–H and O–H groups in total. The fraction of sp³-hybridized carbons (Fsp3) is 0.125. The van der Waals surface area contributed by atoms with Crippen LogP contribution in [-0.2, 0) is 20.3 Å². The van der Waals surface area contributed by atoms with Crippen LogP contribution < -0.4 is 5.32 Å². The highest BCUT2D eigenvalue weighted by atomic mass is 35.7. The van der Waals surface area contributed by atoms with Crippen LogP contribution in [0.25, 0.3) is 0 Å². The summed E-state index contributed by atoms with van der Waals surface area (Å²) >= 11 is 0. The summed E-state index contributed by atoms with van der Waals surface area (Å²) in [5.74, 6) is -0.135. The van der Waals surface area contributed by atoms with E-state index in [9.17, 15) is 13.2 Å². The molecular weight excluding hydrogens is 226 g/mol. The van der Waals surface area contributed by atoms with E-state index in [0.717, 1.165) is 5.56 Å². The molecule has 1 amide bonds. The Balaban J connectivity index is 2.53. The summed E-state index contributed by atoms with van der Waals surface area (Å²) in [5.41, 5.74) is 1.32.